The van der Waals surface area contributed by atoms with Crippen LogP contribution in [0.5, 0.6) is 11.5 Å². The summed E-state index contributed by atoms with van der Waals surface area (Å²) in [4.78, 5) is 7.80. The van der Waals surface area contributed by atoms with Crippen LogP contribution in [0.4, 0.5) is 17.3 Å². The van der Waals surface area contributed by atoms with Crippen molar-refractivity contribution in [3.05, 3.63) is 28.5 Å². The maximum absolute atomic E-state index is 6.08. The highest BCUT2D eigenvalue weighted by atomic mass is 35.5. The minimum atomic E-state index is 0.183. The number of aromatic nitrogens is 2. The molecule has 0 aliphatic rings. The minimum absolute atomic E-state index is 0.183. The quantitative estimate of drug-likeness (QED) is 0.902. The normalized spacial score (nSPS) is 10.2. The Morgan fingerprint density at radius 2 is 1.80 bits per heavy atom. The zero-order valence-electron chi connectivity index (χ0n) is 10.8. The van der Waals surface area contributed by atoms with E-state index in [2.05, 4.69) is 15.3 Å². The van der Waals surface area contributed by atoms with Gasteiger partial charge in [0, 0.05) is 6.07 Å². The lowest BCUT2D eigenvalue weighted by atomic mass is 10.2. The first-order valence-electron chi connectivity index (χ1n) is 5.51. The van der Waals surface area contributed by atoms with Crippen LogP contribution in [0.15, 0.2) is 18.5 Å². The maximum Gasteiger partial charge on any atom is 0.154 e. The van der Waals surface area contributed by atoms with Gasteiger partial charge in [-0.3, -0.25) is 0 Å². The first-order valence-corrected chi connectivity index (χ1v) is 6.27. The van der Waals surface area contributed by atoms with Gasteiger partial charge in [-0.25, -0.2) is 9.97 Å². The Morgan fingerprint density at radius 3 is 2.45 bits per heavy atom. The first kappa shape index (κ1) is 14.5. The molecule has 2 aromatic rings. The van der Waals surface area contributed by atoms with E-state index in [0.717, 1.165) is 0 Å². The standard InChI is InChI=1S/C12H12Cl2N4O2/c1-19-8-4-9(20-2)7(3-6(8)13)18-12-10(14)11(15)16-5-17-12/h3-5H,1-2H3,(H3,15,16,17,18). The fraction of sp³-hybridized carbons (Fsp3) is 0.167. The van der Waals surface area contributed by atoms with Crippen LogP contribution in [0.1, 0.15) is 0 Å². The predicted molar refractivity (Wildman–Crippen MR) is 79.3 cm³/mol. The van der Waals surface area contributed by atoms with Crippen molar-refractivity contribution in [1.82, 2.24) is 9.97 Å². The fourth-order valence-corrected chi connectivity index (χ4v) is 1.94. The van der Waals surface area contributed by atoms with Gasteiger partial charge in [0.15, 0.2) is 5.82 Å². The molecule has 6 nitrogen and oxygen atoms in total. The Morgan fingerprint density at radius 1 is 1.10 bits per heavy atom. The smallest absolute Gasteiger partial charge is 0.154 e. The van der Waals surface area contributed by atoms with Gasteiger partial charge in [-0.15, -0.1) is 0 Å². The molecule has 0 saturated carbocycles. The molecule has 1 aromatic heterocycles. The number of methoxy groups -OCH3 is 2. The fourth-order valence-electron chi connectivity index (χ4n) is 1.56. The van der Waals surface area contributed by atoms with Gasteiger partial charge in [0.05, 0.1) is 24.9 Å². The predicted octanol–water partition coefficient (Wildman–Crippen LogP) is 3.13. The highest BCUT2D eigenvalue weighted by Gasteiger charge is 2.13. The Hall–Kier alpha value is -1.92. The number of nitrogens with zero attached hydrogens (tertiary/aromatic N) is 2. The monoisotopic (exact) mass is 314 g/mol. The van der Waals surface area contributed by atoms with Gasteiger partial charge < -0.3 is 20.5 Å². The summed E-state index contributed by atoms with van der Waals surface area (Å²) in [6.45, 7) is 0. The Balaban J connectivity index is 2.42. The first-order chi connectivity index (χ1) is 9.56. The molecular formula is C12H12Cl2N4O2. The van der Waals surface area contributed by atoms with Gasteiger partial charge in [-0.1, -0.05) is 23.2 Å². The lowest BCUT2D eigenvalue weighted by Crippen LogP contribution is -2.01. The topological polar surface area (TPSA) is 82.3 Å². The molecular weight excluding hydrogens is 303 g/mol. The van der Waals surface area contributed by atoms with Crippen molar-refractivity contribution in [3.63, 3.8) is 0 Å². The molecule has 0 radical (unpaired) electrons. The summed E-state index contributed by atoms with van der Waals surface area (Å²) in [5.74, 6) is 1.57. The number of benzene rings is 1. The molecule has 2 rings (SSSR count). The van der Waals surface area contributed by atoms with E-state index in [1.807, 2.05) is 0 Å². The molecule has 20 heavy (non-hydrogen) atoms. The second-order valence-corrected chi connectivity index (χ2v) is 4.52. The molecule has 3 N–H and O–H groups in total. The second-order valence-electron chi connectivity index (χ2n) is 3.73. The number of hydrogen-bond acceptors (Lipinski definition) is 6. The van der Waals surface area contributed by atoms with Gasteiger partial charge in [-0.05, 0) is 6.07 Å². The summed E-state index contributed by atoms with van der Waals surface area (Å²) in [7, 11) is 3.06. The number of nitrogen functional groups attached to an aromatic ring is 1. The molecule has 8 heteroatoms. The number of hydrogen-bond donors (Lipinski definition) is 2. The Bertz CT molecular complexity index is 637. The third kappa shape index (κ3) is 2.81. The Kier molecular flexibility index (Phi) is 4.36. The summed E-state index contributed by atoms with van der Waals surface area (Å²) >= 11 is 12.1. The molecule has 0 unspecified atom stereocenters. The van der Waals surface area contributed by atoms with Crippen LogP contribution in [0.25, 0.3) is 0 Å². The third-order valence-corrected chi connectivity index (χ3v) is 3.21. The zero-order chi connectivity index (χ0) is 14.7. The van der Waals surface area contributed by atoms with E-state index in [1.54, 1.807) is 12.1 Å². The molecule has 0 aliphatic heterocycles. The molecule has 0 amide bonds. The van der Waals surface area contributed by atoms with E-state index in [9.17, 15) is 0 Å². The molecule has 106 valence electrons. The van der Waals surface area contributed by atoms with Gasteiger partial charge in [-0.2, -0.15) is 0 Å². The largest absolute Gasteiger partial charge is 0.495 e. The van der Waals surface area contributed by atoms with E-state index >= 15 is 0 Å². The lowest BCUT2D eigenvalue weighted by Gasteiger charge is -2.14. The van der Waals surface area contributed by atoms with E-state index in [0.29, 0.717) is 28.0 Å². The van der Waals surface area contributed by atoms with Gasteiger partial charge in [0.1, 0.15) is 28.7 Å². The Labute approximate surface area is 125 Å². The number of rotatable bonds is 4. The summed E-state index contributed by atoms with van der Waals surface area (Å²) in [5.41, 5.74) is 6.20. The highest BCUT2D eigenvalue weighted by molar-refractivity contribution is 6.35. The van der Waals surface area contributed by atoms with Crippen LogP contribution in [-0.4, -0.2) is 24.2 Å². The average Bonchev–Trinajstić information content (AvgIpc) is 2.44. The lowest BCUT2D eigenvalue weighted by molar-refractivity contribution is 0.396. The van der Waals surface area contributed by atoms with Crippen molar-refractivity contribution in [3.8, 4) is 11.5 Å². The van der Waals surface area contributed by atoms with E-state index in [4.69, 9.17) is 38.4 Å². The van der Waals surface area contributed by atoms with Crippen LogP contribution >= 0.6 is 23.2 Å². The summed E-state index contributed by atoms with van der Waals surface area (Å²) in [6.07, 6.45) is 1.31. The second kappa shape index (κ2) is 6.02. The van der Waals surface area contributed by atoms with Crippen molar-refractivity contribution in [2.45, 2.75) is 0 Å². The highest BCUT2D eigenvalue weighted by Crippen LogP contribution is 2.38. The van der Waals surface area contributed by atoms with Crippen molar-refractivity contribution >= 4 is 40.5 Å². The van der Waals surface area contributed by atoms with Crippen molar-refractivity contribution < 1.29 is 9.47 Å². The molecule has 0 atom stereocenters. The van der Waals surface area contributed by atoms with E-state index < -0.39 is 0 Å². The van der Waals surface area contributed by atoms with Crippen LogP contribution < -0.4 is 20.5 Å². The van der Waals surface area contributed by atoms with Crippen molar-refractivity contribution in [1.29, 1.82) is 0 Å². The van der Waals surface area contributed by atoms with Crippen LogP contribution in [0.2, 0.25) is 10.0 Å². The van der Waals surface area contributed by atoms with Crippen LogP contribution in [0, 0.1) is 0 Å². The number of halogens is 2. The van der Waals surface area contributed by atoms with Crippen molar-refractivity contribution in [2.24, 2.45) is 0 Å². The zero-order valence-corrected chi connectivity index (χ0v) is 12.3. The summed E-state index contributed by atoms with van der Waals surface area (Å²) < 4.78 is 10.4. The summed E-state index contributed by atoms with van der Waals surface area (Å²) in [6, 6.07) is 3.30. The van der Waals surface area contributed by atoms with E-state index in [-0.39, 0.29) is 10.8 Å². The number of nitrogens with two attached hydrogens (primary N) is 1. The van der Waals surface area contributed by atoms with Crippen molar-refractivity contribution in [2.75, 3.05) is 25.3 Å². The van der Waals surface area contributed by atoms with Gasteiger partial charge in [0.25, 0.3) is 0 Å². The molecule has 0 spiro atoms. The number of anilines is 3. The SMILES string of the molecule is COc1cc(OC)c(Nc2ncnc(N)c2Cl)cc1Cl. The number of nitrogens with one attached hydrogen (secondary N) is 1. The third-order valence-electron chi connectivity index (χ3n) is 2.54. The van der Waals surface area contributed by atoms with Crippen LogP contribution in [0.3, 0.4) is 0 Å². The maximum atomic E-state index is 6.08. The molecule has 0 fully saturated rings. The number of ether oxygens (including phenoxy) is 2. The van der Waals surface area contributed by atoms with E-state index in [1.165, 1.54) is 20.5 Å². The minimum Gasteiger partial charge on any atom is -0.495 e. The summed E-state index contributed by atoms with van der Waals surface area (Å²) in [5, 5.41) is 3.65. The molecule has 1 heterocycles. The van der Waals surface area contributed by atoms with Gasteiger partial charge >= 0.3 is 0 Å². The molecule has 0 bridgehead atoms. The van der Waals surface area contributed by atoms with Crippen LogP contribution in [-0.2, 0) is 0 Å². The van der Waals surface area contributed by atoms with Gasteiger partial charge in [0.2, 0.25) is 0 Å². The molecule has 0 aliphatic carbocycles. The molecule has 1 aromatic carbocycles. The average molecular weight is 315 g/mol. The molecule has 0 saturated heterocycles.